The number of fused-ring (bicyclic) bond motifs is 1. The first-order chi connectivity index (χ1) is 14.8. The summed E-state index contributed by atoms with van der Waals surface area (Å²) >= 11 is 6.04. The van der Waals surface area contributed by atoms with E-state index in [4.69, 9.17) is 11.6 Å². The van der Waals surface area contributed by atoms with Gasteiger partial charge in [-0.15, -0.1) is 0 Å². The Kier molecular flexibility index (Phi) is 5.74. The van der Waals surface area contributed by atoms with Gasteiger partial charge in [0.1, 0.15) is 5.82 Å². The van der Waals surface area contributed by atoms with Gasteiger partial charge in [-0.05, 0) is 62.6 Å². The fourth-order valence-corrected chi connectivity index (χ4v) is 3.83. The van der Waals surface area contributed by atoms with E-state index in [1.54, 1.807) is 22.7 Å². The number of anilines is 1. The fourth-order valence-electron chi connectivity index (χ4n) is 3.66. The van der Waals surface area contributed by atoms with E-state index in [0.29, 0.717) is 40.5 Å². The highest BCUT2D eigenvalue weighted by Gasteiger charge is 2.15. The number of amides is 1. The van der Waals surface area contributed by atoms with E-state index in [1.165, 1.54) is 12.1 Å². The molecule has 0 aliphatic heterocycles. The van der Waals surface area contributed by atoms with Crippen molar-refractivity contribution in [1.29, 1.82) is 0 Å². The topological polar surface area (TPSA) is 59.3 Å². The summed E-state index contributed by atoms with van der Waals surface area (Å²) in [5.74, 6) is -0.401. The maximum absolute atomic E-state index is 13.6. The van der Waals surface area contributed by atoms with Gasteiger partial charge in [-0.1, -0.05) is 29.8 Å². The van der Waals surface area contributed by atoms with E-state index < -0.39 is 0 Å². The van der Waals surface area contributed by atoms with Crippen molar-refractivity contribution in [3.8, 4) is 11.3 Å². The van der Waals surface area contributed by atoms with Gasteiger partial charge >= 0.3 is 0 Å². The molecule has 5 nitrogen and oxygen atoms in total. The molecule has 0 radical (unpaired) electrons. The molecule has 31 heavy (non-hydrogen) atoms. The van der Waals surface area contributed by atoms with Gasteiger partial charge in [-0.2, -0.15) is 5.10 Å². The summed E-state index contributed by atoms with van der Waals surface area (Å²) < 4.78 is 15.4. The quantitative estimate of drug-likeness (QED) is 0.437. The van der Waals surface area contributed by atoms with Gasteiger partial charge in [0, 0.05) is 40.1 Å². The second kappa shape index (κ2) is 8.47. The first-order valence-electron chi connectivity index (χ1n) is 9.99. The van der Waals surface area contributed by atoms with E-state index in [9.17, 15) is 9.18 Å². The minimum Gasteiger partial charge on any atom is -0.326 e. The Labute approximate surface area is 184 Å². The number of nitrogens with one attached hydrogen (secondary N) is 1. The van der Waals surface area contributed by atoms with Crippen LogP contribution in [-0.2, 0) is 11.2 Å². The van der Waals surface area contributed by atoms with Crippen molar-refractivity contribution in [1.82, 2.24) is 14.6 Å². The number of rotatable bonds is 5. The maximum Gasteiger partial charge on any atom is 0.224 e. The Morgan fingerprint density at radius 1 is 1.13 bits per heavy atom. The maximum atomic E-state index is 13.6. The van der Waals surface area contributed by atoms with Crippen LogP contribution in [0.15, 0.2) is 48.5 Å². The molecule has 0 unspecified atom stereocenters. The first kappa shape index (κ1) is 21.0. The smallest absolute Gasteiger partial charge is 0.224 e. The van der Waals surface area contributed by atoms with Crippen LogP contribution in [0.25, 0.3) is 16.9 Å². The molecule has 0 aliphatic rings. The van der Waals surface area contributed by atoms with Crippen molar-refractivity contribution in [2.45, 2.75) is 33.6 Å². The van der Waals surface area contributed by atoms with Gasteiger partial charge in [0.25, 0.3) is 0 Å². The van der Waals surface area contributed by atoms with Crippen LogP contribution in [0.3, 0.4) is 0 Å². The average molecular weight is 437 g/mol. The van der Waals surface area contributed by atoms with Crippen LogP contribution in [-0.4, -0.2) is 20.5 Å². The van der Waals surface area contributed by atoms with Crippen molar-refractivity contribution < 1.29 is 9.18 Å². The number of halogens is 2. The normalized spacial score (nSPS) is 11.1. The minimum absolute atomic E-state index is 0.0924. The van der Waals surface area contributed by atoms with Crippen molar-refractivity contribution in [2.75, 3.05) is 5.32 Å². The number of aromatic nitrogens is 3. The Balaban J connectivity index is 1.56. The standard InChI is InChI=1S/C24H22ClFN4O/c1-14-7-8-18(25)12-21(14)28-24(31)10-9-20-15(2)27-23-13-22(29-30(23)16(20)3)17-5-4-6-19(26)11-17/h4-8,11-13H,9-10H2,1-3H3,(H,28,31). The summed E-state index contributed by atoms with van der Waals surface area (Å²) in [5, 5.41) is 8.12. The minimum atomic E-state index is -0.308. The molecule has 4 rings (SSSR count). The Morgan fingerprint density at radius 3 is 2.71 bits per heavy atom. The molecular formula is C24H22ClFN4O. The summed E-state index contributed by atoms with van der Waals surface area (Å²) in [6.07, 6.45) is 0.833. The average Bonchev–Trinajstić information content (AvgIpc) is 3.15. The molecule has 0 saturated carbocycles. The molecule has 4 aromatic rings. The van der Waals surface area contributed by atoms with Crippen LogP contribution in [0, 0.1) is 26.6 Å². The van der Waals surface area contributed by atoms with Gasteiger partial charge in [-0.3, -0.25) is 4.79 Å². The molecule has 0 fully saturated rings. The van der Waals surface area contributed by atoms with Crippen molar-refractivity contribution in [2.24, 2.45) is 0 Å². The van der Waals surface area contributed by atoms with Gasteiger partial charge < -0.3 is 5.32 Å². The predicted octanol–water partition coefficient (Wildman–Crippen LogP) is 5.69. The van der Waals surface area contributed by atoms with E-state index >= 15 is 0 Å². The molecule has 7 heteroatoms. The van der Waals surface area contributed by atoms with E-state index in [-0.39, 0.29) is 11.7 Å². The summed E-state index contributed by atoms with van der Waals surface area (Å²) in [7, 11) is 0. The third-order valence-electron chi connectivity index (χ3n) is 5.36. The summed E-state index contributed by atoms with van der Waals surface area (Å²) in [6, 6.07) is 13.6. The second-order valence-corrected chi connectivity index (χ2v) is 8.01. The third kappa shape index (κ3) is 4.44. The third-order valence-corrected chi connectivity index (χ3v) is 5.60. The predicted molar refractivity (Wildman–Crippen MR) is 121 cm³/mol. The monoisotopic (exact) mass is 436 g/mol. The zero-order valence-electron chi connectivity index (χ0n) is 17.5. The fraction of sp³-hybridized carbons (Fsp3) is 0.208. The zero-order valence-corrected chi connectivity index (χ0v) is 18.3. The first-order valence-corrected chi connectivity index (χ1v) is 10.4. The van der Waals surface area contributed by atoms with Crippen LogP contribution in [0.4, 0.5) is 10.1 Å². The Morgan fingerprint density at radius 2 is 1.94 bits per heavy atom. The molecule has 0 bridgehead atoms. The number of carbonyl (C=O) groups is 1. The van der Waals surface area contributed by atoms with Crippen molar-refractivity contribution >= 4 is 28.8 Å². The molecule has 2 heterocycles. The van der Waals surface area contributed by atoms with Crippen molar-refractivity contribution in [3.63, 3.8) is 0 Å². The van der Waals surface area contributed by atoms with Gasteiger partial charge in [0.2, 0.25) is 5.91 Å². The highest BCUT2D eigenvalue weighted by Crippen LogP contribution is 2.24. The molecule has 0 atom stereocenters. The van der Waals surface area contributed by atoms with Gasteiger partial charge in [-0.25, -0.2) is 13.9 Å². The lowest BCUT2D eigenvalue weighted by molar-refractivity contribution is -0.116. The highest BCUT2D eigenvalue weighted by atomic mass is 35.5. The molecule has 158 valence electrons. The molecule has 1 amide bonds. The number of hydrogen-bond donors (Lipinski definition) is 1. The largest absolute Gasteiger partial charge is 0.326 e. The van der Waals surface area contributed by atoms with Crippen LogP contribution >= 0.6 is 11.6 Å². The Hall–Kier alpha value is -3.25. The van der Waals surface area contributed by atoms with Gasteiger partial charge in [0.15, 0.2) is 5.65 Å². The van der Waals surface area contributed by atoms with Crippen molar-refractivity contribution in [3.05, 3.63) is 81.9 Å². The van der Waals surface area contributed by atoms with Crippen LogP contribution in [0.5, 0.6) is 0 Å². The zero-order chi connectivity index (χ0) is 22.1. The van der Waals surface area contributed by atoms with Crippen LogP contribution in [0.1, 0.15) is 28.9 Å². The number of aryl methyl sites for hydroxylation is 3. The lowest BCUT2D eigenvalue weighted by Crippen LogP contribution is -2.15. The number of nitrogens with zero attached hydrogens (tertiary/aromatic N) is 3. The molecule has 0 spiro atoms. The second-order valence-electron chi connectivity index (χ2n) is 7.58. The SMILES string of the molecule is Cc1ccc(Cl)cc1NC(=O)CCc1c(C)nc2cc(-c3cccc(F)c3)nn2c1C. The molecule has 1 N–H and O–H groups in total. The number of carbonyl (C=O) groups excluding carboxylic acids is 1. The van der Waals surface area contributed by atoms with E-state index in [0.717, 1.165) is 22.5 Å². The summed E-state index contributed by atoms with van der Waals surface area (Å²) in [6.45, 7) is 5.81. The number of hydrogen-bond acceptors (Lipinski definition) is 3. The Bertz CT molecular complexity index is 1300. The number of benzene rings is 2. The lowest BCUT2D eigenvalue weighted by Gasteiger charge is -2.12. The van der Waals surface area contributed by atoms with E-state index in [2.05, 4.69) is 15.4 Å². The summed E-state index contributed by atoms with van der Waals surface area (Å²) in [5.41, 5.74) is 6.44. The van der Waals surface area contributed by atoms with E-state index in [1.807, 2.05) is 39.0 Å². The molecule has 2 aromatic heterocycles. The molecule has 2 aromatic carbocycles. The van der Waals surface area contributed by atoms with Gasteiger partial charge in [0.05, 0.1) is 5.69 Å². The highest BCUT2D eigenvalue weighted by molar-refractivity contribution is 6.31. The van der Waals surface area contributed by atoms with Crippen LogP contribution < -0.4 is 5.32 Å². The lowest BCUT2D eigenvalue weighted by atomic mass is 10.1. The molecular weight excluding hydrogens is 415 g/mol. The van der Waals surface area contributed by atoms with Crippen LogP contribution in [0.2, 0.25) is 5.02 Å². The molecule has 0 saturated heterocycles. The summed E-state index contributed by atoms with van der Waals surface area (Å²) in [4.78, 5) is 17.2. The molecule has 0 aliphatic carbocycles.